The molecule has 6 heteroatoms. The Labute approximate surface area is 172 Å². The van der Waals surface area contributed by atoms with Crippen LogP contribution in [-0.2, 0) is 17.9 Å². The lowest BCUT2D eigenvalue weighted by molar-refractivity contribution is -1.02. The summed E-state index contributed by atoms with van der Waals surface area (Å²) >= 11 is 5.96. The highest BCUT2D eigenvalue weighted by molar-refractivity contribution is 6.30. The van der Waals surface area contributed by atoms with Gasteiger partial charge in [-0.1, -0.05) is 35.9 Å². The van der Waals surface area contributed by atoms with Crippen LogP contribution in [0.5, 0.6) is 5.75 Å². The van der Waals surface area contributed by atoms with Crippen LogP contribution in [0, 0.1) is 0 Å². The highest BCUT2D eigenvalue weighted by atomic mass is 35.5. The maximum atomic E-state index is 12.6. The standard InChI is InChI=1S/C22H28ClN3O2/c1-17(22(27)24-15-18-5-9-21(28-2)10-6-18)26-13-11-25(12-14-26)16-19-3-7-20(23)8-4-19/h3-10,17H,11-16H2,1-2H3,(H,24,27)/p+2/t17-/m0/s1. The molecule has 2 aromatic rings. The van der Waals surface area contributed by atoms with E-state index in [9.17, 15) is 4.79 Å². The SMILES string of the molecule is COc1ccc(CNC(=O)[C@H](C)[NH+]2CC[NH+](Cc3ccc(Cl)cc3)CC2)cc1. The third-order valence-electron chi connectivity index (χ3n) is 5.60. The number of nitrogens with one attached hydrogen (secondary N) is 3. The molecule has 150 valence electrons. The van der Waals surface area contributed by atoms with Gasteiger partial charge in [0.2, 0.25) is 0 Å². The molecule has 0 radical (unpaired) electrons. The predicted molar refractivity (Wildman–Crippen MR) is 111 cm³/mol. The van der Waals surface area contributed by atoms with E-state index in [1.807, 2.05) is 43.3 Å². The second kappa shape index (κ2) is 9.92. The zero-order chi connectivity index (χ0) is 19.9. The molecule has 0 aromatic heterocycles. The Morgan fingerprint density at radius 2 is 1.64 bits per heavy atom. The van der Waals surface area contributed by atoms with Gasteiger partial charge in [-0.25, -0.2) is 0 Å². The zero-order valence-corrected chi connectivity index (χ0v) is 17.4. The topological polar surface area (TPSA) is 47.2 Å². The second-order valence-electron chi connectivity index (χ2n) is 7.50. The molecule has 1 amide bonds. The maximum Gasteiger partial charge on any atom is 0.278 e. The average Bonchev–Trinajstić information content (AvgIpc) is 2.74. The van der Waals surface area contributed by atoms with Crippen LogP contribution in [0.2, 0.25) is 5.02 Å². The van der Waals surface area contributed by atoms with Gasteiger partial charge >= 0.3 is 0 Å². The van der Waals surface area contributed by atoms with Crippen LogP contribution in [0.3, 0.4) is 0 Å². The van der Waals surface area contributed by atoms with Crippen molar-refractivity contribution >= 4 is 17.5 Å². The summed E-state index contributed by atoms with van der Waals surface area (Å²) < 4.78 is 5.17. The largest absolute Gasteiger partial charge is 0.497 e. The third-order valence-corrected chi connectivity index (χ3v) is 5.85. The van der Waals surface area contributed by atoms with E-state index in [0.717, 1.165) is 49.1 Å². The first-order valence-electron chi connectivity index (χ1n) is 9.88. The molecule has 1 atom stereocenters. The minimum absolute atomic E-state index is 0.0321. The molecule has 5 nitrogen and oxygen atoms in total. The highest BCUT2D eigenvalue weighted by Crippen LogP contribution is 2.11. The van der Waals surface area contributed by atoms with Gasteiger partial charge in [-0.15, -0.1) is 0 Å². The van der Waals surface area contributed by atoms with E-state index in [4.69, 9.17) is 16.3 Å². The summed E-state index contributed by atoms with van der Waals surface area (Å²) in [6, 6.07) is 15.9. The Morgan fingerprint density at radius 3 is 2.25 bits per heavy atom. The normalized spacial score (nSPS) is 20.4. The molecule has 0 saturated carbocycles. The molecule has 2 aromatic carbocycles. The van der Waals surface area contributed by atoms with Crippen LogP contribution < -0.4 is 19.9 Å². The first-order chi connectivity index (χ1) is 13.5. The zero-order valence-electron chi connectivity index (χ0n) is 16.6. The van der Waals surface area contributed by atoms with Crippen molar-refractivity contribution in [2.75, 3.05) is 33.3 Å². The van der Waals surface area contributed by atoms with Crippen LogP contribution in [0.25, 0.3) is 0 Å². The lowest BCUT2D eigenvalue weighted by atomic mass is 10.1. The molecule has 0 bridgehead atoms. The molecule has 0 spiro atoms. The number of quaternary nitrogens is 2. The fourth-order valence-corrected chi connectivity index (χ4v) is 3.82. The number of benzene rings is 2. The van der Waals surface area contributed by atoms with E-state index >= 15 is 0 Å². The fraction of sp³-hybridized carbons (Fsp3) is 0.409. The minimum atomic E-state index is -0.0321. The number of ether oxygens (including phenoxy) is 1. The van der Waals surface area contributed by atoms with Gasteiger partial charge in [0.25, 0.3) is 5.91 Å². The van der Waals surface area contributed by atoms with Gasteiger partial charge in [0.15, 0.2) is 6.04 Å². The molecule has 3 rings (SSSR count). The Kier molecular flexibility index (Phi) is 7.31. The van der Waals surface area contributed by atoms with Crippen LogP contribution in [-0.4, -0.2) is 45.2 Å². The van der Waals surface area contributed by atoms with E-state index in [1.165, 1.54) is 10.5 Å². The van der Waals surface area contributed by atoms with Crippen molar-refractivity contribution in [2.24, 2.45) is 0 Å². The smallest absolute Gasteiger partial charge is 0.278 e. The summed E-state index contributed by atoms with van der Waals surface area (Å²) in [6.07, 6.45) is 0. The van der Waals surface area contributed by atoms with E-state index in [1.54, 1.807) is 12.0 Å². The summed E-state index contributed by atoms with van der Waals surface area (Å²) in [4.78, 5) is 15.5. The lowest BCUT2D eigenvalue weighted by Crippen LogP contribution is -3.29. The van der Waals surface area contributed by atoms with Crippen molar-refractivity contribution in [3.05, 3.63) is 64.7 Å². The minimum Gasteiger partial charge on any atom is -0.497 e. The van der Waals surface area contributed by atoms with Crippen molar-refractivity contribution < 1.29 is 19.3 Å². The molecule has 0 unspecified atom stereocenters. The van der Waals surface area contributed by atoms with E-state index < -0.39 is 0 Å². The van der Waals surface area contributed by atoms with Crippen molar-refractivity contribution in [3.63, 3.8) is 0 Å². The van der Waals surface area contributed by atoms with Crippen molar-refractivity contribution in [1.29, 1.82) is 0 Å². The second-order valence-corrected chi connectivity index (χ2v) is 7.94. The molecular formula is C22H30ClN3O2+2. The number of rotatable bonds is 7. The number of carbonyl (C=O) groups is 1. The summed E-state index contributed by atoms with van der Waals surface area (Å²) in [7, 11) is 1.65. The molecule has 28 heavy (non-hydrogen) atoms. The van der Waals surface area contributed by atoms with Gasteiger partial charge in [0.1, 0.15) is 38.5 Å². The Morgan fingerprint density at radius 1 is 1.04 bits per heavy atom. The maximum absolute atomic E-state index is 12.6. The monoisotopic (exact) mass is 403 g/mol. The van der Waals surface area contributed by atoms with E-state index in [0.29, 0.717) is 6.54 Å². The number of hydrogen-bond acceptors (Lipinski definition) is 2. The van der Waals surface area contributed by atoms with E-state index in [2.05, 4.69) is 17.4 Å². The predicted octanol–water partition coefficient (Wildman–Crippen LogP) is 0.337. The molecular weight excluding hydrogens is 374 g/mol. The van der Waals surface area contributed by atoms with Crippen LogP contribution in [0.15, 0.2) is 48.5 Å². The van der Waals surface area contributed by atoms with Crippen LogP contribution in [0.4, 0.5) is 0 Å². The van der Waals surface area contributed by atoms with Crippen LogP contribution in [0.1, 0.15) is 18.1 Å². The quantitative estimate of drug-likeness (QED) is 0.624. The van der Waals surface area contributed by atoms with Gasteiger partial charge in [-0.2, -0.15) is 0 Å². The average molecular weight is 404 g/mol. The number of halogens is 1. The van der Waals surface area contributed by atoms with E-state index in [-0.39, 0.29) is 11.9 Å². The van der Waals surface area contributed by atoms with Gasteiger partial charge < -0.3 is 19.9 Å². The molecule has 1 fully saturated rings. The molecule has 1 saturated heterocycles. The number of hydrogen-bond donors (Lipinski definition) is 3. The Balaban J connectivity index is 1.42. The van der Waals surface area contributed by atoms with Gasteiger partial charge in [0.05, 0.1) is 7.11 Å². The first kappa shape index (κ1) is 20.6. The Hall–Kier alpha value is -2.08. The molecule has 3 N–H and O–H groups in total. The number of carbonyl (C=O) groups excluding carboxylic acids is 1. The number of piperazine rings is 1. The summed E-state index contributed by atoms with van der Waals surface area (Å²) in [5, 5.41) is 3.85. The summed E-state index contributed by atoms with van der Waals surface area (Å²) in [5.41, 5.74) is 2.39. The summed E-state index contributed by atoms with van der Waals surface area (Å²) in [6.45, 7) is 7.78. The Bertz CT molecular complexity index is 756. The fourth-order valence-electron chi connectivity index (χ4n) is 3.70. The van der Waals surface area contributed by atoms with Gasteiger partial charge in [-0.3, -0.25) is 4.79 Å². The number of amides is 1. The van der Waals surface area contributed by atoms with Gasteiger partial charge in [-0.05, 0) is 36.8 Å². The van der Waals surface area contributed by atoms with Crippen LogP contribution >= 0.6 is 11.6 Å². The first-order valence-corrected chi connectivity index (χ1v) is 10.3. The molecule has 0 aliphatic carbocycles. The van der Waals surface area contributed by atoms with Crippen molar-refractivity contribution in [2.45, 2.75) is 26.1 Å². The molecule has 1 aliphatic rings. The van der Waals surface area contributed by atoms with Gasteiger partial charge in [0, 0.05) is 17.1 Å². The third kappa shape index (κ3) is 5.71. The molecule has 1 aliphatic heterocycles. The highest BCUT2D eigenvalue weighted by Gasteiger charge is 2.30. The molecule has 1 heterocycles. The lowest BCUT2D eigenvalue weighted by Gasteiger charge is -2.32. The summed E-state index contributed by atoms with van der Waals surface area (Å²) in [5.74, 6) is 0.943. The van der Waals surface area contributed by atoms with Crippen molar-refractivity contribution in [3.8, 4) is 5.75 Å². The number of methoxy groups -OCH3 is 1. The van der Waals surface area contributed by atoms with Crippen molar-refractivity contribution in [1.82, 2.24) is 5.32 Å².